The summed E-state index contributed by atoms with van der Waals surface area (Å²) in [6, 6.07) is 9.78. The van der Waals surface area contributed by atoms with Gasteiger partial charge in [-0.25, -0.2) is 9.48 Å². The second-order valence-corrected chi connectivity index (χ2v) is 5.98. The van der Waals surface area contributed by atoms with Crippen molar-refractivity contribution in [2.45, 2.75) is 26.9 Å². The standard InChI is InChI=1S/C19H23N3O3/c1-13-17(11-12-18(23)25-15(3)19(24)21(4)5)14(2)22(20-13)16-9-7-6-8-10-16/h6-12,15H,1-5H3/b12-11+/t15-/m1/s1. The minimum Gasteiger partial charge on any atom is -0.449 e. The van der Waals surface area contributed by atoms with Gasteiger partial charge in [0.1, 0.15) is 0 Å². The summed E-state index contributed by atoms with van der Waals surface area (Å²) in [6.45, 7) is 5.38. The zero-order valence-electron chi connectivity index (χ0n) is 15.2. The van der Waals surface area contributed by atoms with Crippen molar-refractivity contribution in [1.29, 1.82) is 0 Å². The van der Waals surface area contributed by atoms with Crippen molar-refractivity contribution < 1.29 is 14.3 Å². The molecule has 0 unspecified atom stereocenters. The van der Waals surface area contributed by atoms with E-state index in [0.717, 1.165) is 22.6 Å². The van der Waals surface area contributed by atoms with Crippen LogP contribution in [0.4, 0.5) is 0 Å². The highest BCUT2D eigenvalue weighted by Gasteiger charge is 2.18. The number of benzene rings is 1. The molecule has 0 fully saturated rings. The molecule has 6 nitrogen and oxygen atoms in total. The first-order valence-corrected chi connectivity index (χ1v) is 8.02. The Morgan fingerprint density at radius 1 is 1.20 bits per heavy atom. The number of carbonyl (C=O) groups is 2. The van der Waals surface area contributed by atoms with Crippen molar-refractivity contribution in [3.05, 3.63) is 53.4 Å². The molecule has 0 aliphatic heterocycles. The smallest absolute Gasteiger partial charge is 0.331 e. The molecule has 2 rings (SSSR count). The summed E-state index contributed by atoms with van der Waals surface area (Å²) in [6.07, 6.45) is 2.18. The summed E-state index contributed by atoms with van der Waals surface area (Å²) in [4.78, 5) is 25.1. The first-order chi connectivity index (χ1) is 11.8. The molecule has 1 heterocycles. The lowest BCUT2D eigenvalue weighted by atomic mass is 10.2. The van der Waals surface area contributed by atoms with Crippen molar-refractivity contribution in [2.75, 3.05) is 14.1 Å². The molecule has 0 bridgehead atoms. The van der Waals surface area contributed by atoms with Gasteiger partial charge >= 0.3 is 5.97 Å². The number of esters is 1. The van der Waals surface area contributed by atoms with Crippen LogP contribution in [0, 0.1) is 13.8 Å². The van der Waals surface area contributed by atoms with E-state index in [1.54, 1.807) is 27.1 Å². The molecule has 0 radical (unpaired) electrons. The Bertz CT molecular complexity index is 792. The van der Waals surface area contributed by atoms with Crippen LogP contribution in [0.3, 0.4) is 0 Å². The van der Waals surface area contributed by atoms with Crippen LogP contribution < -0.4 is 0 Å². The molecule has 132 valence electrons. The predicted octanol–water partition coefficient (Wildman–Crippen LogP) is 2.52. The summed E-state index contributed by atoms with van der Waals surface area (Å²) in [5.74, 6) is -0.819. The molecular weight excluding hydrogens is 318 g/mol. The quantitative estimate of drug-likeness (QED) is 0.619. The fourth-order valence-electron chi connectivity index (χ4n) is 2.50. The fourth-order valence-corrected chi connectivity index (χ4v) is 2.50. The second-order valence-electron chi connectivity index (χ2n) is 5.98. The molecule has 0 aliphatic carbocycles. The lowest BCUT2D eigenvalue weighted by Gasteiger charge is -2.16. The highest BCUT2D eigenvalue weighted by molar-refractivity contribution is 5.90. The number of hydrogen-bond donors (Lipinski definition) is 0. The van der Waals surface area contributed by atoms with Gasteiger partial charge in [0.15, 0.2) is 6.10 Å². The van der Waals surface area contributed by atoms with Crippen molar-refractivity contribution >= 4 is 18.0 Å². The van der Waals surface area contributed by atoms with Gasteiger partial charge in [-0.3, -0.25) is 4.79 Å². The van der Waals surface area contributed by atoms with Crippen molar-refractivity contribution in [2.24, 2.45) is 0 Å². The van der Waals surface area contributed by atoms with Crippen LogP contribution in [-0.2, 0) is 14.3 Å². The molecule has 0 N–H and O–H groups in total. The van der Waals surface area contributed by atoms with E-state index in [2.05, 4.69) is 5.10 Å². The monoisotopic (exact) mass is 341 g/mol. The minimum absolute atomic E-state index is 0.258. The highest BCUT2D eigenvalue weighted by atomic mass is 16.5. The molecule has 0 spiro atoms. The lowest BCUT2D eigenvalue weighted by molar-refractivity contribution is -0.153. The summed E-state index contributed by atoms with van der Waals surface area (Å²) >= 11 is 0. The summed E-state index contributed by atoms with van der Waals surface area (Å²) in [7, 11) is 3.24. The van der Waals surface area contributed by atoms with Gasteiger partial charge in [-0.1, -0.05) is 18.2 Å². The number of ether oxygens (including phenoxy) is 1. The molecular formula is C19H23N3O3. The van der Waals surface area contributed by atoms with Crippen molar-refractivity contribution in [3.8, 4) is 5.69 Å². The molecule has 1 aromatic carbocycles. The van der Waals surface area contributed by atoms with Crippen LogP contribution in [-0.4, -0.2) is 46.8 Å². The number of aryl methyl sites for hydroxylation is 1. The second kappa shape index (κ2) is 7.79. The number of likely N-dealkylation sites (N-methyl/N-ethyl adjacent to an activating group) is 1. The molecule has 1 aromatic heterocycles. The zero-order chi connectivity index (χ0) is 18.6. The number of amides is 1. The maximum absolute atomic E-state index is 11.9. The van der Waals surface area contributed by atoms with Gasteiger partial charge in [0, 0.05) is 31.4 Å². The minimum atomic E-state index is -0.818. The number of nitrogens with zero attached hydrogens (tertiary/aromatic N) is 3. The van der Waals surface area contributed by atoms with Crippen LogP contribution in [0.1, 0.15) is 23.9 Å². The zero-order valence-corrected chi connectivity index (χ0v) is 15.2. The topological polar surface area (TPSA) is 64.4 Å². The first-order valence-electron chi connectivity index (χ1n) is 8.02. The van der Waals surface area contributed by atoms with Crippen LogP contribution in [0.2, 0.25) is 0 Å². The fraction of sp³-hybridized carbons (Fsp3) is 0.316. The summed E-state index contributed by atoms with van der Waals surface area (Å²) < 4.78 is 6.95. The first kappa shape index (κ1) is 18.4. The van der Waals surface area contributed by atoms with Gasteiger partial charge < -0.3 is 9.64 Å². The van der Waals surface area contributed by atoms with Gasteiger partial charge in [-0.15, -0.1) is 0 Å². The summed E-state index contributed by atoms with van der Waals surface area (Å²) in [5, 5.41) is 4.52. The van der Waals surface area contributed by atoms with E-state index >= 15 is 0 Å². The SMILES string of the molecule is Cc1nn(-c2ccccc2)c(C)c1/C=C/C(=O)O[C@H](C)C(=O)N(C)C. The van der Waals surface area contributed by atoms with Crippen molar-refractivity contribution in [1.82, 2.24) is 14.7 Å². The van der Waals surface area contributed by atoms with E-state index in [9.17, 15) is 9.59 Å². The van der Waals surface area contributed by atoms with E-state index in [-0.39, 0.29) is 5.91 Å². The molecule has 25 heavy (non-hydrogen) atoms. The Balaban J connectivity index is 2.15. The largest absolute Gasteiger partial charge is 0.449 e. The number of rotatable bonds is 5. The lowest BCUT2D eigenvalue weighted by Crippen LogP contribution is -2.34. The van der Waals surface area contributed by atoms with Crippen molar-refractivity contribution in [3.63, 3.8) is 0 Å². The molecule has 6 heteroatoms. The molecule has 0 saturated carbocycles. The predicted molar refractivity (Wildman–Crippen MR) is 96.3 cm³/mol. The van der Waals surface area contributed by atoms with Crippen LogP contribution in [0.25, 0.3) is 11.8 Å². The van der Waals surface area contributed by atoms with Gasteiger partial charge in [0.05, 0.1) is 11.4 Å². The summed E-state index contributed by atoms with van der Waals surface area (Å²) in [5.41, 5.74) is 3.54. The van der Waals surface area contributed by atoms with Gasteiger partial charge in [0.25, 0.3) is 5.91 Å². The molecule has 0 saturated heterocycles. The van der Waals surface area contributed by atoms with E-state index in [4.69, 9.17) is 4.74 Å². The molecule has 1 amide bonds. The maximum Gasteiger partial charge on any atom is 0.331 e. The van der Waals surface area contributed by atoms with Crippen LogP contribution in [0.15, 0.2) is 36.4 Å². The number of carbonyl (C=O) groups excluding carboxylic acids is 2. The number of aromatic nitrogens is 2. The van der Waals surface area contributed by atoms with Crippen LogP contribution in [0.5, 0.6) is 0 Å². The van der Waals surface area contributed by atoms with E-state index < -0.39 is 12.1 Å². The maximum atomic E-state index is 11.9. The third-order valence-corrected chi connectivity index (χ3v) is 3.82. The number of para-hydroxylation sites is 1. The third kappa shape index (κ3) is 4.35. The Hall–Kier alpha value is -2.89. The normalized spacial score (nSPS) is 12.2. The van der Waals surface area contributed by atoms with E-state index in [1.165, 1.54) is 11.0 Å². The highest BCUT2D eigenvalue weighted by Crippen LogP contribution is 2.19. The Kier molecular flexibility index (Phi) is 5.75. The van der Waals surface area contributed by atoms with Gasteiger partial charge in [-0.05, 0) is 39.0 Å². The Labute approximate surface area is 147 Å². The molecule has 2 aromatic rings. The average Bonchev–Trinajstić information content (AvgIpc) is 2.87. The Morgan fingerprint density at radius 3 is 2.44 bits per heavy atom. The average molecular weight is 341 g/mol. The molecule has 0 aliphatic rings. The molecule has 1 atom stereocenters. The third-order valence-electron chi connectivity index (χ3n) is 3.82. The van der Waals surface area contributed by atoms with E-state index in [1.807, 2.05) is 48.9 Å². The van der Waals surface area contributed by atoms with Gasteiger partial charge in [0.2, 0.25) is 0 Å². The van der Waals surface area contributed by atoms with Crippen LogP contribution >= 0.6 is 0 Å². The van der Waals surface area contributed by atoms with E-state index in [0.29, 0.717) is 0 Å². The van der Waals surface area contributed by atoms with Gasteiger partial charge in [-0.2, -0.15) is 5.10 Å². The number of hydrogen-bond acceptors (Lipinski definition) is 4. The Morgan fingerprint density at radius 2 is 1.84 bits per heavy atom.